The lowest BCUT2D eigenvalue weighted by atomic mass is 10.1. The van der Waals surface area contributed by atoms with Crippen molar-refractivity contribution in [3.63, 3.8) is 0 Å². The van der Waals surface area contributed by atoms with E-state index < -0.39 is 0 Å². The molecule has 1 aromatic rings. The summed E-state index contributed by atoms with van der Waals surface area (Å²) < 4.78 is 0. The Bertz CT molecular complexity index is 277. The van der Waals surface area contributed by atoms with Crippen LogP contribution in [-0.2, 0) is 6.42 Å². The van der Waals surface area contributed by atoms with Crippen molar-refractivity contribution in [3.8, 4) is 0 Å². The van der Waals surface area contributed by atoms with Gasteiger partial charge in [0.2, 0.25) is 0 Å². The van der Waals surface area contributed by atoms with Crippen LogP contribution in [0.25, 0.3) is 0 Å². The number of nitrogens with zero attached hydrogens (tertiary/aromatic N) is 1. The van der Waals surface area contributed by atoms with Crippen LogP contribution in [0.2, 0.25) is 0 Å². The fourth-order valence-electron chi connectivity index (χ4n) is 2.34. The number of aromatic nitrogens is 2. The maximum atomic E-state index is 4.01. The van der Waals surface area contributed by atoms with Gasteiger partial charge in [-0.05, 0) is 32.7 Å². The molecule has 1 aliphatic rings. The maximum Gasteiger partial charge on any atom is 0.0921 e. The van der Waals surface area contributed by atoms with Crippen molar-refractivity contribution >= 4 is 0 Å². The van der Waals surface area contributed by atoms with Crippen LogP contribution in [0.3, 0.4) is 0 Å². The molecule has 4 nitrogen and oxygen atoms in total. The molecular weight excluding hydrogens is 200 g/mol. The second-order valence-electron chi connectivity index (χ2n) is 4.71. The molecule has 0 aliphatic carbocycles. The van der Waals surface area contributed by atoms with Crippen LogP contribution >= 0.6 is 0 Å². The van der Waals surface area contributed by atoms with E-state index in [1.54, 1.807) is 6.33 Å². The Labute approximate surface area is 97.2 Å². The highest BCUT2D eigenvalue weighted by atomic mass is 15.0. The number of rotatable bonds is 6. The normalized spacial score (nSPS) is 22.4. The monoisotopic (exact) mass is 222 g/mol. The second-order valence-corrected chi connectivity index (χ2v) is 4.71. The summed E-state index contributed by atoms with van der Waals surface area (Å²) in [5.74, 6) is 0. The standard InChI is InChI=1S/C12H22N4/c1-10(7-11-3-2-5-15-11)14-6-4-12-8-13-9-16-12/h8-11,14-15H,2-7H2,1H3,(H,13,16). The van der Waals surface area contributed by atoms with Gasteiger partial charge in [-0.3, -0.25) is 0 Å². The van der Waals surface area contributed by atoms with Gasteiger partial charge in [0.15, 0.2) is 0 Å². The van der Waals surface area contributed by atoms with Gasteiger partial charge < -0.3 is 15.6 Å². The van der Waals surface area contributed by atoms with E-state index >= 15 is 0 Å². The van der Waals surface area contributed by atoms with Gasteiger partial charge in [-0.15, -0.1) is 0 Å². The van der Waals surface area contributed by atoms with Gasteiger partial charge in [-0.1, -0.05) is 0 Å². The molecule has 2 atom stereocenters. The van der Waals surface area contributed by atoms with E-state index in [0.29, 0.717) is 6.04 Å². The van der Waals surface area contributed by atoms with Crippen molar-refractivity contribution in [1.29, 1.82) is 0 Å². The van der Waals surface area contributed by atoms with Crippen LogP contribution in [0.15, 0.2) is 12.5 Å². The average Bonchev–Trinajstić information content (AvgIpc) is 2.90. The summed E-state index contributed by atoms with van der Waals surface area (Å²) in [4.78, 5) is 7.13. The maximum absolute atomic E-state index is 4.01. The number of aromatic amines is 1. The van der Waals surface area contributed by atoms with Crippen molar-refractivity contribution in [3.05, 3.63) is 18.2 Å². The fraction of sp³-hybridized carbons (Fsp3) is 0.750. The first-order valence-electron chi connectivity index (χ1n) is 6.28. The molecule has 1 aliphatic heterocycles. The number of imidazole rings is 1. The van der Waals surface area contributed by atoms with Gasteiger partial charge in [0.25, 0.3) is 0 Å². The third kappa shape index (κ3) is 3.61. The highest BCUT2D eigenvalue weighted by Gasteiger charge is 2.16. The van der Waals surface area contributed by atoms with Crippen LogP contribution in [0, 0.1) is 0 Å². The second kappa shape index (κ2) is 6.01. The van der Waals surface area contributed by atoms with Gasteiger partial charge in [0.1, 0.15) is 0 Å². The molecule has 2 rings (SSSR count). The molecule has 0 saturated carbocycles. The minimum absolute atomic E-state index is 0.596. The molecule has 2 unspecified atom stereocenters. The summed E-state index contributed by atoms with van der Waals surface area (Å²) in [6, 6.07) is 1.33. The van der Waals surface area contributed by atoms with Crippen molar-refractivity contribution in [2.75, 3.05) is 13.1 Å². The van der Waals surface area contributed by atoms with E-state index in [1.165, 1.54) is 31.5 Å². The Balaban J connectivity index is 1.58. The number of hydrogen-bond acceptors (Lipinski definition) is 3. The molecule has 0 radical (unpaired) electrons. The molecule has 1 saturated heterocycles. The van der Waals surface area contributed by atoms with Gasteiger partial charge in [0, 0.05) is 36.9 Å². The first-order chi connectivity index (χ1) is 7.84. The summed E-state index contributed by atoms with van der Waals surface area (Å²) in [5.41, 5.74) is 1.21. The Morgan fingerprint density at radius 1 is 1.62 bits per heavy atom. The first kappa shape index (κ1) is 11.6. The van der Waals surface area contributed by atoms with Crippen molar-refractivity contribution in [2.24, 2.45) is 0 Å². The first-order valence-corrected chi connectivity index (χ1v) is 6.28. The fourth-order valence-corrected chi connectivity index (χ4v) is 2.34. The summed E-state index contributed by atoms with van der Waals surface area (Å²) in [7, 11) is 0. The number of H-pyrrole nitrogens is 1. The molecule has 1 aromatic heterocycles. The van der Waals surface area contributed by atoms with Crippen LogP contribution < -0.4 is 10.6 Å². The van der Waals surface area contributed by atoms with Gasteiger partial charge in [0.05, 0.1) is 6.33 Å². The van der Waals surface area contributed by atoms with E-state index in [-0.39, 0.29) is 0 Å². The molecule has 3 N–H and O–H groups in total. The predicted octanol–water partition coefficient (Wildman–Crippen LogP) is 1.07. The zero-order valence-corrected chi connectivity index (χ0v) is 10.00. The zero-order valence-electron chi connectivity index (χ0n) is 10.00. The summed E-state index contributed by atoms with van der Waals surface area (Å²) in [6.07, 6.45) is 8.58. The Kier molecular flexibility index (Phi) is 4.36. The lowest BCUT2D eigenvalue weighted by molar-refractivity contribution is 0.442. The Hall–Kier alpha value is -0.870. The summed E-state index contributed by atoms with van der Waals surface area (Å²) in [6.45, 7) is 4.49. The Morgan fingerprint density at radius 2 is 2.56 bits per heavy atom. The molecule has 0 spiro atoms. The van der Waals surface area contributed by atoms with E-state index in [0.717, 1.165) is 19.0 Å². The third-order valence-electron chi connectivity index (χ3n) is 3.24. The van der Waals surface area contributed by atoms with E-state index in [9.17, 15) is 0 Å². The molecule has 0 aromatic carbocycles. The van der Waals surface area contributed by atoms with Crippen LogP contribution in [0.4, 0.5) is 0 Å². The quantitative estimate of drug-likeness (QED) is 0.675. The van der Waals surface area contributed by atoms with E-state index in [4.69, 9.17) is 0 Å². The van der Waals surface area contributed by atoms with E-state index in [2.05, 4.69) is 27.5 Å². The van der Waals surface area contributed by atoms with Crippen LogP contribution in [0.5, 0.6) is 0 Å². The average molecular weight is 222 g/mol. The molecule has 2 heterocycles. The lowest BCUT2D eigenvalue weighted by Gasteiger charge is -2.18. The van der Waals surface area contributed by atoms with E-state index in [1.807, 2.05) is 6.20 Å². The lowest BCUT2D eigenvalue weighted by Crippen LogP contribution is -2.34. The zero-order chi connectivity index (χ0) is 11.2. The smallest absolute Gasteiger partial charge is 0.0921 e. The highest BCUT2D eigenvalue weighted by molar-refractivity contribution is 4.94. The highest BCUT2D eigenvalue weighted by Crippen LogP contribution is 2.10. The largest absolute Gasteiger partial charge is 0.348 e. The number of nitrogens with one attached hydrogen (secondary N) is 3. The van der Waals surface area contributed by atoms with Gasteiger partial charge in [-0.25, -0.2) is 4.98 Å². The van der Waals surface area contributed by atoms with Crippen LogP contribution in [0.1, 0.15) is 31.9 Å². The molecule has 90 valence electrons. The molecule has 1 fully saturated rings. The molecule has 4 heteroatoms. The topological polar surface area (TPSA) is 52.7 Å². The van der Waals surface area contributed by atoms with Gasteiger partial charge in [-0.2, -0.15) is 0 Å². The Morgan fingerprint density at radius 3 is 3.25 bits per heavy atom. The summed E-state index contributed by atoms with van der Waals surface area (Å²) >= 11 is 0. The molecular formula is C12H22N4. The van der Waals surface area contributed by atoms with Crippen LogP contribution in [-0.4, -0.2) is 35.1 Å². The predicted molar refractivity (Wildman–Crippen MR) is 65.4 cm³/mol. The minimum atomic E-state index is 0.596. The molecule has 16 heavy (non-hydrogen) atoms. The summed E-state index contributed by atoms with van der Waals surface area (Å²) in [5, 5.41) is 7.10. The molecule has 0 bridgehead atoms. The molecule has 0 amide bonds. The number of hydrogen-bond donors (Lipinski definition) is 3. The van der Waals surface area contributed by atoms with Crippen molar-refractivity contribution in [1.82, 2.24) is 20.6 Å². The van der Waals surface area contributed by atoms with Crippen molar-refractivity contribution < 1.29 is 0 Å². The van der Waals surface area contributed by atoms with Crippen molar-refractivity contribution in [2.45, 2.75) is 44.7 Å². The minimum Gasteiger partial charge on any atom is -0.348 e. The third-order valence-corrected chi connectivity index (χ3v) is 3.24. The van der Waals surface area contributed by atoms with Gasteiger partial charge >= 0.3 is 0 Å². The SMILES string of the molecule is CC(CC1CCCN1)NCCc1cnc[nH]1.